The Bertz CT molecular complexity index is 753. The lowest BCUT2D eigenvalue weighted by molar-refractivity contribution is 0.415. The molecular formula is C16H15N3O3. The monoisotopic (exact) mass is 297 g/mol. The van der Waals surface area contributed by atoms with Crippen LogP contribution in [-0.4, -0.2) is 24.4 Å². The highest BCUT2D eigenvalue weighted by Gasteiger charge is 2.10. The quantitative estimate of drug-likeness (QED) is 0.777. The predicted octanol–water partition coefficient (Wildman–Crippen LogP) is 3.50. The van der Waals surface area contributed by atoms with Gasteiger partial charge in [-0.1, -0.05) is 17.2 Å². The van der Waals surface area contributed by atoms with Crippen LogP contribution in [0.1, 0.15) is 0 Å². The van der Waals surface area contributed by atoms with Crippen molar-refractivity contribution < 1.29 is 13.9 Å². The molecule has 6 heteroatoms. The summed E-state index contributed by atoms with van der Waals surface area (Å²) in [6, 6.07) is 15.2. The van der Waals surface area contributed by atoms with Gasteiger partial charge in [0.2, 0.25) is 5.89 Å². The molecule has 0 amide bonds. The average Bonchev–Trinajstić information content (AvgIpc) is 3.04. The standard InChI is InChI=1S/C16H15N3O3/c1-20-12-9-7-11(8-10-12)15-18-19-16(22-15)17-13-5-3-4-6-14(13)21-2/h3-10H,1-2H3,(H,17,19). The number of para-hydroxylation sites is 2. The van der Waals surface area contributed by atoms with Gasteiger partial charge in [-0.25, -0.2) is 0 Å². The molecule has 112 valence electrons. The largest absolute Gasteiger partial charge is 0.497 e. The maximum atomic E-state index is 5.62. The summed E-state index contributed by atoms with van der Waals surface area (Å²) >= 11 is 0. The lowest BCUT2D eigenvalue weighted by Crippen LogP contribution is -1.94. The summed E-state index contributed by atoms with van der Waals surface area (Å²) < 4.78 is 16.0. The third-order valence-electron chi connectivity index (χ3n) is 3.11. The molecule has 0 saturated heterocycles. The van der Waals surface area contributed by atoms with Crippen LogP contribution < -0.4 is 14.8 Å². The van der Waals surface area contributed by atoms with Gasteiger partial charge in [-0.05, 0) is 36.4 Å². The van der Waals surface area contributed by atoms with Gasteiger partial charge in [0.15, 0.2) is 0 Å². The molecule has 0 fully saturated rings. The van der Waals surface area contributed by atoms with Gasteiger partial charge in [0.05, 0.1) is 19.9 Å². The van der Waals surface area contributed by atoms with Gasteiger partial charge in [0.1, 0.15) is 11.5 Å². The maximum absolute atomic E-state index is 5.62. The zero-order valence-electron chi connectivity index (χ0n) is 12.2. The van der Waals surface area contributed by atoms with Gasteiger partial charge in [-0.2, -0.15) is 0 Å². The van der Waals surface area contributed by atoms with Gasteiger partial charge >= 0.3 is 6.01 Å². The fourth-order valence-electron chi connectivity index (χ4n) is 1.99. The minimum atomic E-state index is 0.301. The van der Waals surface area contributed by atoms with Crippen molar-refractivity contribution in [3.05, 3.63) is 48.5 Å². The van der Waals surface area contributed by atoms with E-state index in [1.807, 2.05) is 48.5 Å². The molecule has 0 aliphatic carbocycles. The van der Waals surface area contributed by atoms with Crippen LogP contribution in [0.15, 0.2) is 52.9 Å². The van der Waals surface area contributed by atoms with Crippen molar-refractivity contribution in [3.8, 4) is 23.0 Å². The van der Waals surface area contributed by atoms with Gasteiger partial charge in [0.25, 0.3) is 0 Å². The van der Waals surface area contributed by atoms with Crippen LogP contribution in [0, 0.1) is 0 Å². The van der Waals surface area contributed by atoms with E-state index < -0.39 is 0 Å². The third kappa shape index (κ3) is 2.85. The molecule has 0 bridgehead atoms. The smallest absolute Gasteiger partial charge is 0.320 e. The number of hydrogen-bond donors (Lipinski definition) is 1. The molecule has 0 aliphatic heterocycles. The number of aromatic nitrogens is 2. The summed E-state index contributed by atoms with van der Waals surface area (Å²) in [7, 11) is 3.23. The Labute approximate surface area is 127 Å². The van der Waals surface area contributed by atoms with Crippen LogP contribution in [0.3, 0.4) is 0 Å². The molecular weight excluding hydrogens is 282 g/mol. The Kier molecular flexibility index (Phi) is 3.91. The van der Waals surface area contributed by atoms with Gasteiger partial charge in [-0.3, -0.25) is 0 Å². The minimum Gasteiger partial charge on any atom is -0.497 e. The average molecular weight is 297 g/mol. The Morgan fingerprint density at radius 1 is 0.909 bits per heavy atom. The van der Waals surface area contributed by atoms with Gasteiger partial charge < -0.3 is 19.2 Å². The topological polar surface area (TPSA) is 69.4 Å². The highest BCUT2D eigenvalue weighted by Crippen LogP contribution is 2.28. The summed E-state index contributed by atoms with van der Waals surface area (Å²) in [5, 5.41) is 11.1. The van der Waals surface area contributed by atoms with Crippen molar-refractivity contribution in [1.82, 2.24) is 10.2 Å². The summed E-state index contributed by atoms with van der Waals surface area (Å²) in [6.45, 7) is 0. The first-order valence-electron chi connectivity index (χ1n) is 6.68. The lowest BCUT2D eigenvalue weighted by Gasteiger charge is -2.06. The number of nitrogens with zero attached hydrogens (tertiary/aromatic N) is 2. The molecule has 0 spiro atoms. The molecule has 6 nitrogen and oxygen atoms in total. The van der Waals surface area contributed by atoms with Crippen molar-refractivity contribution in [3.63, 3.8) is 0 Å². The highest BCUT2D eigenvalue weighted by molar-refractivity contribution is 5.62. The number of methoxy groups -OCH3 is 2. The molecule has 0 unspecified atom stereocenters. The molecule has 22 heavy (non-hydrogen) atoms. The first kappa shape index (κ1) is 13.9. The van der Waals surface area contributed by atoms with Crippen LogP contribution in [0.2, 0.25) is 0 Å². The number of rotatable bonds is 5. The molecule has 1 N–H and O–H groups in total. The SMILES string of the molecule is COc1ccc(-c2nnc(Nc3ccccc3OC)o2)cc1. The first-order valence-corrected chi connectivity index (χ1v) is 6.68. The summed E-state index contributed by atoms with van der Waals surface area (Å²) in [4.78, 5) is 0. The van der Waals surface area contributed by atoms with Crippen molar-refractivity contribution >= 4 is 11.7 Å². The normalized spacial score (nSPS) is 10.3. The number of nitrogens with one attached hydrogen (secondary N) is 1. The molecule has 3 aromatic rings. The van der Waals surface area contributed by atoms with E-state index in [1.165, 1.54) is 0 Å². The second-order valence-electron chi connectivity index (χ2n) is 4.47. The first-order chi connectivity index (χ1) is 10.8. The Balaban J connectivity index is 1.81. The molecule has 3 rings (SSSR count). The van der Waals surface area contributed by atoms with E-state index in [-0.39, 0.29) is 0 Å². The van der Waals surface area contributed by atoms with Crippen molar-refractivity contribution in [2.75, 3.05) is 19.5 Å². The van der Waals surface area contributed by atoms with Crippen LogP contribution in [-0.2, 0) is 0 Å². The summed E-state index contributed by atoms with van der Waals surface area (Å²) in [5.41, 5.74) is 1.58. The Hall–Kier alpha value is -3.02. The van der Waals surface area contributed by atoms with E-state index in [0.717, 1.165) is 17.0 Å². The number of anilines is 2. The summed E-state index contributed by atoms with van der Waals surface area (Å²) in [5.74, 6) is 1.90. The minimum absolute atomic E-state index is 0.301. The number of ether oxygens (including phenoxy) is 2. The van der Waals surface area contributed by atoms with Crippen LogP contribution in [0.25, 0.3) is 11.5 Å². The molecule has 1 heterocycles. The van der Waals surface area contributed by atoms with Crippen molar-refractivity contribution in [1.29, 1.82) is 0 Å². The fourth-order valence-corrected chi connectivity index (χ4v) is 1.99. The highest BCUT2D eigenvalue weighted by atomic mass is 16.5. The van der Waals surface area contributed by atoms with Crippen LogP contribution in [0.4, 0.5) is 11.7 Å². The Morgan fingerprint density at radius 2 is 1.68 bits per heavy atom. The second kappa shape index (κ2) is 6.17. The third-order valence-corrected chi connectivity index (χ3v) is 3.11. The second-order valence-corrected chi connectivity index (χ2v) is 4.47. The van der Waals surface area contributed by atoms with E-state index in [2.05, 4.69) is 15.5 Å². The van der Waals surface area contributed by atoms with Gasteiger partial charge in [0, 0.05) is 5.56 Å². The number of benzene rings is 2. The fraction of sp³-hybridized carbons (Fsp3) is 0.125. The van der Waals surface area contributed by atoms with Crippen molar-refractivity contribution in [2.24, 2.45) is 0 Å². The van der Waals surface area contributed by atoms with Crippen molar-refractivity contribution in [2.45, 2.75) is 0 Å². The van der Waals surface area contributed by atoms with E-state index >= 15 is 0 Å². The Morgan fingerprint density at radius 3 is 2.41 bits per heavy atom. The van der Waals surface area contributed by atoms with E-state index in [9.17, 15) is 0 Å². The number of hydrogen-bond acceptors (Lipinski definition) is 6. The molecule has 2 aromatic carbocycles. The maximum Gasteiger partial charge on any atom is 0.320 e. The van der Waals surface area contributed by atoms with Crippen LogP contribution >= 0.6 is 0 Å². The molecule has 0 saturated carbocycles. The molecule has 0 aliphatic rings. The lowest BCUT2D eigenvalue weighted by atomic mass is 10.2. The molecule has 1 aromatic heterocycles. The van der Waals surface area contributed by atoms with E-state index in [4.69, 9.17) is 13.9 Å². The predicted molar refractivity (Wildman–Crippen MR) is 82.6 cm³/mol. The zero-order valence-corrected chi connectivity index (χ0v) is 12.2. The molecule has 0 radical (unpaired) electrons. The van der Waals surface area contributed by atoms with Gasteiger partial charge in [-0.15, -0.1) is 5.10 Å². The molecule has 0 atom stereocenters. The summed E-state index contributed by atoms with van der Waals surface area (Å²) in [6.07, 6.45) is 0. The van der Waals surface area contributed by atoms with E-state index in [1.54, 1.807) is 14.2 Å². The zero-order chi connectivity index (χ0) is 15.4. The van der Waals surface area contributed by atoms with Crippen LogP contribution in [0.5, 0.6) is 11.5 Å². The van der Waals surface area contributed by atoms with E-state index in [0.29, 0.717) is 17.7 Å².